The van der Waals surface area contributed by atoms with Crippen molar-refractivity contribution >= 4 is 43.7 Å². The SMILES string of the molecule is CCOC(=O)Oc1c[nH]c2c(=O)[nH]c3ccc(S(=O)(=O)Nc4ccc(F)cc4)cc3c12. The number of aromatic amines is 2. The van der Waals surface area contributed by atoms with Crippen molar-refractivity contribution in [1.29, 1.82) is 0 Å². The number of benzene rings is 2. The van der Waals surface area contributed by atoms with Crippen molar-refractivity contribution < 1.29 is 27.1 Å². The van der Waals surface area contributed by atoms with Crippen molar-refractivity contribution in [1.82, 2.24) is 9.97 Å². The van der Waals surface area contributed by atoms with Gasteiger partial charge in [-0.2, -0.15) is 0 Å². The van der Waals surface area contributed by atoms with Crippen LogP contribution < -0.4 is 15.0 Å². The molecule has 2 aromatic carbocycles. The van der Waals surface area contributed by atoms with Gasteiger partial charge in [0.25, 0.3) is 15.6 Å². The lowest BCUT2D eigenvalue weighted by Gasteiger charge is -2.10. The largest absolute Gasteiger partial charge is 0.513 e. The number of ether oxygens (including phenoxy) is 2. The number of nitrogens with one attached hydrogen (secondary N) is 3. The highest BCUT2D eigenvalue weighted by molar-refractivity contribution is 7.92. The second-order valence-corrected chi connectivity index (χ2v) is 8.14. The highest BCUT2D eigenvalue weighted by atomic mass is 32.2. The first kappa shape index (κ1) is 20.4. The number of hydrogen-bond acceptors (Lipinski definition) is 6. The van der Waals surface area contributed by atoms with Crippen molar-refractivity contribution in [2.75, 3.05) is 11.3 Å². The highest BCUT2D eigenvalue weighted by Crippen LogP contribution is 2.32. The molecule has 0 radical (unpaired) electrons. The first-order valence-electron chi connectivity index (χ1n) is 9.08. The van der Waals surface area contributed by atoms with E-state index in [4.69, 9.17) is 9.47 Å². The predicted octanol–water partition coefficient (Wildman–Crippen LogP) is 3.48. The van der Waals surface area contributed by atoms with Gasteiger partial charge in [-0.15, -0.1) is 0 Å². The first-order chi connectivity index (χ1) is 14.8. The molecule has 0 unspecified atom stereocenters. The number of carbonyl (C=O) groups excluding carboxylic acids is 1. The molecule has 3 N–H and O–H groups in total. The van der Waals surface area contributed by atoms with Gasteiger partial charge in [-0.05, 0) is 49.4 Å². The maximum absolute atomic E-state index is 13.1. The molecule has 0 fully saturated rings. The monoisotopic (exact) mass is 445 g/mol. The smallest absolute Gasteiger partial charge is 0.434 e. The number of pyridine rings is 1. The molecule has 0 amide bonds. The Balaban J connectivity index is 1.83. The maximum atomic E-state index is 13.1. The molecule has 0 aliphatic heterocycles. The van der Waals surface area contributed by atoms with Crippen molar-refractivity contribution in [2.24, 2.45) is 0 Å². The van der Waals surface area contributed by atoms with E-state index in [0.29, 0.717) is 10.9 Å². The molecule has 4 rings (SSSR count). The normalized spacial score (nSPS) is 11.5. The Morgan fingerprint density at radius 2 is 1.90 bits per heavy atom. The van der Waals surface area contributed by atoms with Gasteiger partial charge in [0.15, 0.2) is 5.75 Å². The third-order valence-electron chi connectivity index (χ3n) is 4.44. The van der Waals surface area contributed by atoms with E-state index < -0.39 is 27.6 Å². The number of fused-ring (bicyclic) bond motifs is 3. The fraction of sp³-hybridized carbons (Fsp3) is 0.100. The van der Waals surface area contributed by atoms with Crippen LogP contribution in [0.5, 0.6) is 5.75 Å². The van der Waals surface area contributed by atoms with Crippen molar-refractivity contribution in [3.63, 3.8) is 0 Å². The van der Waals surface area contributed by atoms with E-state index in [1.54, 1.807) is 6.92 Å². The number of carbonyl (C=O) groups is 1. The molecular weight excluding hydrogens is 429 g/mol. The molecule has 0 atom stereocenters. The molecule has 9 nitrogen and oxygen atoms in total. The van der Waals surface area contributed by atoms with Gasteiger partial charge in [0.1, 0.15) is 11.3 Å². The van der Waals surface area contributed by atoms with Crippen LogP contribution in [0.25, 0.3) is 21.8 Å². The summed E-state index contributed by atoms with van der Waals surface area (Å²) in [4.78, 5) is 29.4. The van der Waals surface area contributed by atoms with Crippen LogP contribution in [0.4, 0.5) is 14.9 Å². The number of halogens is 1. The quantitative estimate of drug-likeness (QED) is 0.403. The Morgan fingerprint density at radius 1 is 1.16 bits per heavy atom. The summed E-state index contributed by atoms with van der Waals surface area (Å²) in [6, 6.07) is 8.93. The highest BCUT2D eigenvalue weighted by Gasteiger charge is 2.20. The van der Waals surface area contributed by atoms with Gasteiger partial charge in [-0.3, -0.25) is 9.52 Å². The van der Waals surface area contributed by atoms with Gasteiger partial charge < -0.3 is 19.4 Å². The number of aromatic nitrogens is 2. The average Bonchev–Trinajstić information content (AvgIpc) is 3.14. The number of anilines is 1. The average molecular weight is 445 g/mol. The zero-order valence-electron chi connectivity index (χ0n) is 16.1. The van der Waals surface area contributed by atoms with Crippen LogP contribution >= 0.6 is 0 Å². The molecule has 2 heterocycles. The van der Waals surface area contributed by atoms with Gasteiger partial charge in [0.05, 0.1) is 16.9 Å². The second-order valence-electron chi connectivity index (χ2n) is 6.46. The first-order valence-corrected chi connectivity index (χ1v) is 10.6. The Bertz CT molecular complexity index is 1460. The topological polar surface area (TPSA) is 130 Å². The fourth-order valence-electron chi connectivity index (χ4n) is 3.09. The molecule has 0 saturated heterocycles. The molecule has 4 aromatic rings. The molecule has 0 spiro atoms. The second kappa shape index (κ2) is 7.76. The number of rotatable bonds is 5. The minimum Gasteiger partial charge on any atom is -0.434 e. The van der Waals surface area contributed by atoms with Crippen molar-refractivity contribution in [3.8, 4) is 5.75 Å². The number of H-pyrrole nitrogens is 2. The van der Waals surface area contributed by atoms with Gasteiger partial charge in [0.2, 0.25) is 0 Å². The molecule has 0 aliphatic carbocycles. The van der Waals surface area contributed by atoms with Crippen LogP contribution in [0.3, 0.4) is 0 Å². The maximum Gasteiger partial charge on any atom is 0.513 e. The van der Waals surface area contributed by atoms with Gasteiger partial charge in [-0.25, -0.2) is 17.6 Å². The molecule has 0 aliphatic rings. The summed E-state index contributed by atoms with van der Waals surface area (Å²) < 4.78 is 51.0. The predicted molar refractivity (Wildman–Crippen MR) is 111 cm³/mol. The fourth-order valence-corrected chi connectivity index (χ4v) is 4.18. The standard InChI is InChI=1S/C20H16FN3O6S/c1-2-29-20(26)30-16-10-22-18-17(16)14-9-13(7-8-15(14)23-19(18)25)31(27,28)24-12-5-3-11(21)4-6-12/h3-10,22,24H,2H2,1H3,(H,23,25). The minimum atomic E-state index is -4.03. The molecular formula is C20H16FN3O6S. The van der Waals surface area contributed by atoms with Crippen LogP contribution in [0.2, 0.25) is 0 Å². The molecule has 11 heteroatoms. The zero-order valence-corrected chi connectivity index (χ0v) is 16.9. The number of hydrogen-bond donors (Lipinski definition) is 3. The lowest BCUT2D eigenvalue weighted by Crippen LogP contribution is -2.13. The minimum absolute atomic E-state index is 0.0191. The summed E-state index contributed by atoms with van der Waals surface area (Å²) in [5, 5.41) is 0.558. The summed E-state index contributed by atoms with van der Waals surface area (Å²) in [7, 11) is -4.03. The molecule has 0 bridgehead atoms. The van der Waals surface area contributed by atoms with E-state index in [2.05, 4.69) is 14.7 Å². The van der Waals surface area contributed by atoms with E-state index in [1.807, 2.05) is 0 Å². The third-order valence-corrected chi connectivity index (χ3v) is 5.82. The summed E-state index contributed by atoms with van der Waals surface area (Å²) in [6.07, 6.45) is 0.354. The molecule has 31 heavy (non-hydrogen) atoms. The summed E-state index contributed by atoms with van der Waals surface area (Å²) >= 11 is 0. The van der Waals surface area contributed by atoms with Crippen LogP contribution in [-0.4, -0.2) is 31.1 Å². The Hall–Kier alpha value is -3.86. The van der Waals surface area contributed by atoms with Crippen molar-refractivity contribution in [2.45, 2.75) is 11.8 Å². The molecule has 2 aromatic heterocycles. The zero-order chi connectivity index (χ0) is 22.2. The lowest BCUT2D eigenvalue weighted by molar-refractivity contribution is 0.105. The van der Waals surface area contributed by atoms with E-state index >= 15 is 0 Å². The van der Waals surface area contributed by atoms with Crippen LogP contribution in [0, 0.1) is 5.82 Å². The Labute approximate surface area is 174 Å². The Kier molecular flexibility index (Phi) is 5.11. The van der Waals surface area contributed by atoms with Gasteiger partial charge in [-0.1, -0.05) is 0 Å². The van der Waals surface area contributed by atoms with Crippen molar-refractivity contribution in [3.05, 3.63) is 64.8 Å². The molecule has 160 valence electrons. The lowest BCUT2D eigenvalue weighted by atomic mass is 10.1. The van der Waals surface area contributed by atoms with Crippen LogP contribution in [0.1, 0.15) is 6.92 Å². The molecule has 0 saturated carbocycles. The summed E-state index contributed by atoms with van der Waals surface area (Å²) in [5.41, 5.74) is 0.154. The van der Waals surface area contributed by atoms with Gasteiger partial charge in [0, 0.05) is 22.8 Å². The van der Waals surface area contributed by atoms with Gasteiger partial charge >= 0.3 is 6.16 Å². The van der Waals surface area contributed by atoms with Crippen LogP contribution in [0.15, 0.2) is 58.4 Å². The Morgan fingerprint density at radius 3 is 2.61 bits per heavy atom. The summed E-state index contributed by atoms with van der Waals surface area (Å²) in [6.45, 7) is 1.71. The van der Waals surface area contributed by atoms with E-state index in [1.165, 1.54) is 36.5 Å². The van der Waals surface area contributed by atoms with E-state index in [9.17, 15) is 22.4 Å². The summed E-state index contributed by atoms with van der Waals surface area (Å²) in [5.74, 6) is -0.479. The van der Waals surface area contributed by atoms with E-state index in [-0.39, 0.29) is 33.8 Å². The van der Waals surface area contributed by atoms with Crippen LogP contribution in [-0.2, 0) is 14.8 Å². The third kappa shape index (κ3) is 3.94. The number of sulfonamides is 1. The van der Waals surface area contributed by atoms with E-state index in [0.717, 1.165) is 12.1 Å².